The summed E-state index contributed by atoms with van der Waals surface area (Å²) in [6.45, 7) is 7.94. The summed E-state index contributed by atoms with van der Waals surface area (Å²) in [4.78, 5) is 11.8. The summed E-state index contributed by atoms with van der Waals surface area (Å²) >= 11 is 1.20. The summed E-state index contributed by atoms with van der Waals surface area (Å²) in [6.07, 6.45) is 1.63. The van der Waals surface area contributed by atoms with Gasteiger partial charge in [-0.05, 0) is 31.5 Å². The molecule has 2 rings (SSSR count). The minimum absolute atomic E-state index is 0.106. The number of hydrogen-bond acceptors (Lipinski definition) is 6. The van der Waals surface area contributed by atoms with Gasteiger partial charge in [-0.25, -0.2) is 0 Å². The molecule has 23 heavy (non-hydrogen) atoms. The highest BCUT2D eigenvalue weighted by atomic mass is 32.2. The number of rotatable bonds is 8. The maximum absolute atomic E-state index is 11.8. The monoisotopic (exact) mass is 333 g/mol. The molecule has 0 aliphatic rings. The second kappa shape index (κ2) is 8.38. The smallest absolute Gasteiger partial charge is 0.277 e. The maximum atomic E-state index is 11.8. The second-order valence-electron chi connectivity index (χ2n) is 4.86. The van der Waals surface area contributed by atoms with Crippen molar-refractivity contribution in [1.82, 2.24) is 15.5 Å². The number of nitrogens with zero attached hydrogens (tertiary/aromatic N) is 2. The topological polar surface area (TPSA) is 77.2 Å². The van der Waals surface area contributed by atoms with Gasteiger partial charge in [-0.1, -0.05) is 30.0 Å². The van der Waals surface area contributed by atoms with Crippen molar-refractivity contribution in [3.05, 3.63) is 48.4 Å². The minimum atomic E-state index is -0.332. The summed E-state index contributed by atoms with van der Waals surface area (Å²) in [5, 5.41) is 10.6. The van der Waals surface area contributed by atoms with Crippen LogP contribution in [0.2, 0.25) is 0 Å². The van der Waals surface area contributed by atoms with E-state index in [-0.39, 0.29) is 17.8 Å². The van der Waals surface area contributed by atoms with Gasteiger partial charge in [-0.2, -0.15) is 0 Å². The lowest BCUT2D eigenvalue weighted by molar-refractivity contribution is -0.120. The van der Waals surface area contributed by atoms with Crippen molar-refractivity contribution < 1.29 is 13.9 Å². The van der Waals surface area contributed by atoms with Crippen LogP contribution in [0.4, 0.5) is 0 Å². The Labute approximate surface area is 139 Å². The highest BCUT2D eigenvalue weighted by Crippen LogP contribution is 2.22. The van der Waals surface area contributed by atoms with Gasteiger partial charge in [0, 0.05) is 6.54 Å². The number of hydrogen-bond donors (Lipinski definition) is 1. The Morgan fingerprint density at radius 2 is 2.35 bits per heavy atom. The summed E-state index contributed by atoms with van der Waals surface area (Å²) in [5.74, 6) is 1.01. The summed E-state index contributed by atoms with van der Waals surface area (Å²) in [5.41, 5.74) is 1.11. The van der Waals surface area contributed by atoms with Gasteiger partial charge in [0.25, 0.3) is 11.1 Å². The molecular weight excluding hydrogens is 314 g/mol. The zero-order valence-electron chi connectivity index (χ0n) is 13.1. The largest absolute Gasteiger partial charge is 0.484 e. The molecule has 0 aliphatic carbocycles. The Morgan fingerprint density at radius 1 is 1.52 bits per heavy atom. The molecule has 1 heterocycles. The third-order valence-electron chi connectivity index (χ3n) is 2.87. The first kappa shape index (κ1) is 17.1. The van der Waals surface area contributed by atoms with E-state index in [9.17, 15) is 4.79 Å². The van der Waals surface area contributed by atoms with Crippen LogP contribution >= 0.6 is 11.8 Å². The van der Waals surface area contributed by atoms with E-state index in [0.29, 0.717) is 17.7 Å². The molecule has 122 valence electrons. The van der Waals surface area contributed by atoms with Gasteiger partial charge in [0.2, 0.25) is 5.91 Å². The molecule has 7 heteroatoms. The summed E-state index contributed by atoms with van der Waals surface area (Å²) in [7, 11) is 0. The Hall–Kier alpha value is -2.28. The number of amides is 1. The van der Waals surface area contributed by atoms with Gasteiger partial charge in [-0.15, -0.1) is 16.8 Å². The predicted octanol–water partition coefficient (Wildman–Crippen LogP) is 2.74. The zero-order chi connectivity index (χ0) is 16.7. The molecule has 0 saturated heterocycles. The SMILES string of the molecule is C=CCNC(=O)C(C)Sc1nnc(COc2cccc(C)c2)o1. The third-order valence-corrected chi connectivity index (χ3v) is 3.80. The first-order valence-electron chi connectivity index (χ1n) is 7.15. The molecule has 0 radical (unpaired) electrons. The van der Waals surface area contributed by atoms with E-state index in [4.69, 9.17) is 9.15 Å². The number of ether oxygens (including phenoxy) is 1. The van der Waals surface area contributed by atoms with Crippen LogP contribution in [0.5, 0.6) is 5.75 Å². The number of carbonyl (C=O) groups excluding carboxylic acids is 1. The van der Waals surface area contributed by atoms with E-state index >= 15 is 0 Å². The highest BCUT2D eigenvalue weighted by Gasteiger charge is 2.17. The van der Waals surface area contributed by atoms with E-state index in [1.807, 2.05) is 31.2 Å². The van der Waals surface area contributed by atoms with Crippen molar-refractivity contribution in [2.24, 2.45) is 0 Å². The van der Waals surface area contributed by atoms with Gasteiger partial charge in [0.15, 0.2) is 6.61 Å². The van der Waals surface area contributed by atoms with Crippen molar-refractivity contribution in [3.8, 4) is 5.75 Å². The van der Waals surface area contributed by atoms with Crippen LogP contribution in [-0.4, -0.2) is 27.9 Å². The van der Waals surface area contributed by atoms with Crippen LogP contribution in [0, 0.1) is 6.92 Å². The van der Waals surface area contributed by atoms with Gasteiger partial charge in [-0.3, -0.25) is 4.79 Å². The van der Waals surface area contributed by atoms with Crippen LogP contribution in [0.25, 0.3) is 0 Å². The first-order valence-corrected chi connectivity index (χ1v) is 8.03. The summed E-state index contributed by atoms with van der Waals surface area (Å²) in [6, 6.07) is 7.71. The number of nitrogens with one attached hydrogen (secondary N) is 1. The molecule has 6 nitrogen and oxygen atoms in total. The Bertz CT molecular complexity index is 672. The van der Waals surface area contributed by atoms with E-state index in [0.717, 1.165) is 11.3 Å². The average Bonchev–Trinajstić information content (AvgIpc) is 2.98. The molecule has 1 atom stereocenters. The molecule has 1 aromatic carbocycles. The maximum Gasteiger partial charge on any atom is 0.277 e. The number of carbonyl (C=O) groups is 1. The molecule has 0 bridgehead atoms. The van der Waals surface area contributed by atoms with Gasteiger partial charge >= 0.3 is 0 Å². The molecular formula is C16H19N3O3S. The third kappa shape index (κ3) is 5.45. The van der Waals surface area contributed by atoms with Crippen LogP contribution < -0.4 is 10.1 Å². The van der Waals surface area contributed by atoms with E-state index in [1.165, 1.54) is 11.8 Å². The Balaban J connectivity index is 1.85. The van der Waals surface area contributed by atoms with Crippen molar-refractivity contribution >= 4 is 17.7 Å². The lowest BCUT2D eigenvalue weighted by Crippen LogP contribution is -2.30. The molecule has 1 aromatic heterocycles. The van der Waals surface area contributed by atoms with Gasteiger partial charge in [0.1, 0.15) is 5.75 Å². The highest BCUT2D eigenvalue weighted by molar-refractivity contribution is 8.00. The molecule has 0 fully saturated rings. The van der Waals surface area contributed by atoms with Crippen molar-refractivity contribution in [3.63, 3.8) is 0 Å². The second-order valence-corrected chi connectivity index (χ2v) is 6.15. The zero-order valence-corrected chi connectivity index (χ0v) is 13.9. The van der Waals surface area contributed by atoms with E-state index in [1.54, 1.807) is 13.0 Å². The molecule has 0 spiro atoms. The fourth-order valence-corrected chi connectivity index (χ4v) is 2.44. The van der Waals surface area contributed by atoms with Crippen LogP contribution in [-0.2, 0) is 11.4 Å². The Kier molecular flexibility index (Phi) is 6.22. The van der Waals surface area contributed by atoms with Crippen molar-refractivity contribution in [2.45, 2.75) is 30.9 Å². The van der Waals surface area contributed by atoms with Crippen LogP contribution in [0.15, 0.2) is 46.6 Å². The van der Waals surface area contributed by atoms with Crippen molar-refractivity contribution in [1.29, 1.82) is 0 Å². The number of aromatic nitrogens is 2. The van der Waals surface area contributed by atoms with Crippen LogP contribution in [0.3, 0.4) is 0 Å². The standard InChI is InChI=1S/C16H19N3O3S/c1-4-8-17-15(20)12(3)23-16-19-18-14(22-16)10-21-13-7-5-6-11(2)9-13/h4-7,9,12H,1,8,10H2,2-3H3,(H,17,20). The lowest BCUT2D eigenvalue weighted by atomic mass is 10.2. The number of benzene rings is 1. The Morgan fingerprint density at radius 3 is 3.09 bits per heavy atom. The normalized spacial score (nSPS) is 11.7. The van der Waals surface area contributed by atoms with E-state index < -0.39 is 0 Å². The number of thioether (sulfide) groups is 1. The molecule has 1 unspecified atom stereocenters. The first-order chi connectivity index (χ1) is 11.1. The van der Waals surface area contributed by atoms with Crippen molar-refractivity contribution in [2.75, 3.05) is 6.54 Å². The minimum Gasteiger partial charge on any atom is -0.484 e. The predicted molar refractivity (Wildman–Crippen MR) is 88.3 cm³/mol. The lowest BCUT2D eigenvalue weighted by Gasteiger charge is -2.07. The molecule has 0 saturated carbocycles. The van der Waals surface area contributed by atoms with Gasteiger partial charge < -0.3 is 14.5 Å². The fraction of sp³-hybridized carbons (Fsp3) is 0.312. The molecule has 1 N–H and O–H groups in total. The summed E-state index contributed by atoms with van der Waals surface area (Å²) < 4.78 is 11.1. The average molecular weight is 333 g/mol. The van der Waals surface area contributed by atoms with E-state index in [2.05, 4.69) is 22.1 Å². The van der Waals surface area contributed by atoms with Crippen LogP contribution in [0.1, 0.15) is 18.4 Å². The fourth-order valence-electron chi connectivity index (χ4n) is 1.72. The number of aryl methyl sites for hydroxylation is 1. The molecule has 2 aromatic rings. The quantitative estimate of drug-likeness (QED) is 0.591. The molecule has 0 aliphatic heterocycles. The van der Waals surface area contributed by atoms with Gasteiger partial charge in [0.05, 0.1) is 5.25 Å². The molecule has 1 amide bonds.